The van der Waals surface area contributed by atoms with Crippen LogP contribution in [-0.2, 0) is 9.53 Å². The Hall–Kier alpha value is -1.43. The summed E-state index contributed by atoms with van der Waals surface area (Å²) in [5.74, 6) is -0.215. The molecule has 0 aliphatic carbocycles. The van der Waals surface area contributed by atoms with Gasteiger partial charge in [0.1, 0.15) is 6.04 Å². The lowest BCUT2D eigenvalue weighted by Gasteiger charge is -2.08. The quantitative estimate of drug-likeness (QED) is 0.637. The molecular formula is C8H12N4O2. The second-order valence-electron chi connectivity index (χ2n) is 3.26. The van der Waals surface area contributed by atoms with Crippen LogP contribution in [0.3, 0.4) is 0 Å². The Labute approximate surface area is 81.2 Å². The summed E-state index contributed by atoms with van der Waals surface area (Å²) in [7, 11) is 1.40. The van der Waals surface area contributed by atoms with Crippen molar-refractivity contribution in [2.24, 2.45) is 0 Å². The molecule has 6 heteroatoms. The number of nitrogens with one attached hydrogen (secondary N) is 1. The van der Waals surface area contributed by atoms with Crippen LogP contribution < -0.4 is 5.32 Å². The number of carbonyl (C=O) groups is 1. The molecule has 1 aliphatic rings. The van der Waals surface area contributed by atoms with Crippen molar-refractivity contribution in [3.8, 4) is 0 Å². The zero-order chi connectivity index (χ0) is 9.97. The maximum atomic E-state index is 11.2. The van der Waals surface area contributed by atoms with Gasteiger partial charge in [0.05, 0.1) is 19.3 Å². The standard InChI is InChI=1S/C8H12N4O2/c1-14-8(13)7-4-6(5-9-7)12-3-2-10-11-12/h2-3,6-7,9H,4-5H2,1H3/t6-,7+/m1/s1. The van der Waals surface area contributed by atoms with Crippen LogP contribution in [0.1, 0.15) is 12.5 Å². The Morgan fingerprint density at radius 2 is 2.57 bits per heavy atom. The Bertz CT molecular complexity index is 311. The van der Waals surface area contributed by atoms with Gasteiger partial charge in [0.25, 0.3) is 0 Å². The van der Waals surface area contributed by atoms with E-state index in [-0.39, 0.29) is 18.1 Å². The first-order valence-corrected chi connectivity index (χ1v) is 4.48. The zero-order valence-corrected chi connectivity index (χ0v) is 7.88. The van der Waals surface area contributed by atoms with Gasteiger partial charge in [-0.05, 0) is 6.42 Å². The van der Waals surface area contributed by atoms with E-state index >= 15 is 0 Å². The molecule has 0 unspecified atom stereocenters. The van der Waals surface area contributed by atoms with Gasteiger partial charge in [-0.15, -0.1) is 5.10 Å². The van der Waals surface area contributed by atoms with Crippen LogP contribution in [0.15, 0.2) is 12.4 Å². The van der Waals surface area contributed by atoms with Gasteiger partial charge in [-0.1, -0.05) is 5.21 Å². The number of methoxy groups -OCH3 is 1. The third-order valence-electron chi connectivity index (χ3n) is 2.41. The number of rotatable bonds is 2. The van der Waals surface area contributed by atoms with Crippen molar-refractivity contribution >= 4 is 5.97 Å². The van der Waals surface area contributed by atoms with Crippen LogP contribution in [-0.4, -0.2) is 40.7 Å². The van der Waals surface area contributed by atoms with E-state index in [1.807, 2.05) is 0 Å². The van der Waals surface area contributed by atoms with Crippen LogP contribution in [0.5, 0.6) is 0 Å². The van der Waals surface area contributed by atoms with Crippen molar-refractivity contribution in [2.45, 2.75) is 18.5 Å². The minimum Gasteiger partial charge on any atom is -0.468 e. The summed E-state index contributed by atoms with van der Waals surface area (Å²) < 4.78 is 6.41. The van der Waals surface area contributed by atoms with Gasteiger partial charge >= 0.3 is 5.97 Å². The molecule has 1 aromatic heterocycles. The number of nitrogens with zero attached hydrogens (tertiary/aromatic N) is 3. The fourth-order valence-electron chi connectivity index (χ4n) is 1.65. The molecule has 1 saturated heterocycles. The van der Waals surface area contributed by atoms with E-state index in [1.54, 1.807) is 17.1 Å². The number of esters is 1. The van der Waals surface area contributed by atoms with Gasteiger partial charge in [-0.3, -0.25) is 4.79 Å². The van der Waals surface area contributed by atoms with Gasteiger partial charge in [-0.2, -0.15) is 0 Å². The highest BCUT2D eigenvalue weighted by Gasteiger charge is 2.31. The molecule has 2 atom stereocenters. The predicted octanol–water partition coefficient (Wildman–Crippen LogP) is -0.646. The molecule has 0 radical (unpaired) electrons. The first kappa shape index (κ1) is 9.14. The molecule has 14 heavy (non-hydrogen) atoms. The molecule has 0 spiro atoms. The maximum Gasteiger partial charge on any atom is 0.322 e. The van der Waals surface area contributed by atoms with Gasteiger partial charge < -0.3 is 10.1 Å². The molecule has 1 aromatic rings. The summed E-state index contributed by atoms with van der Waals surface area (Å²) in [6.45, 7) is 0.725. The van der Waals surface area contributed by atoms with E-state index in [9.17, 15) is 4.79 Å². The van der Waals surface area contributed by atoms with E-state index in [0.29, 0.717) is 6.42 Å². The lowest BCUT2D eigenvalue weighted by atomic mass is 10.2. The second kappa shape index (κ2) is 3.75. The summed E-state index contributed by atoms with van der Waals surface area (Å²) in [4.78, 5) is 11.2. The fourth-order valence-corrected chi connectivity index (χ4v) is 1.65. The lowest BCUT2D eigenvalue weighted by Crippen LogP contribution is -2.31. The number of carbonyl (C=O) groups excluding carboxylic acids is 1. The Kier molecular flexibility index (Phi) is 2.45. The molecule has 2 rings (SSSR count). The minimum absolute atomic E-state index is 0.196. The SMILES string of the molecule is COC(=O)[C@@H]1C[C@@H](n2ccnn2)CN1. The molecule has 76 valence electrons. The third-order valence-corrected chi connectivity index (χ3v) is 2.41. The van der Waals surface area contributed by atoms with Crippen LogP contribution in [0, 0.1) is 0 Å². The van der Waals surface area contributed by atoms with Crippen molar-refractivity contribution < 1.29 is 9.53 Å². The first-order chi connectivity index (χ1) is 6.81. The molecule has 0 aromatic carbocycles. The molecule has 0 bridgehead atoms. The van der Waals surface area contributed by atoms with E-state index in [2.05, 4.69) is 20.4 Å². The van der Waals surface area contributed by atoms with E-state index in [1.165, 1.54) is 7.11 Å². The van der Waals surface area contributed by atoms with Crippen molar-refractivity contribution in [2.75, 3.05) is 13.7 Å². The number of hydrogen-bond acceptors (Lipinski definition) is 5. The van der Waals surface area contributed by atoms with Gasteiger partial charge in [-0.25, -0.2) is 4.68 Å². The van der Waals surface area contributed by atoms with Crippen LogP contribution in [0.4, 0.5) is 0 Å². The zero-order valence-electron chi connectivity index (χ0n) is 7.88. The Morgan fingerprint density at radius 3 is 3.21 bits per heavy atom. The first-order valence-electron chi connectivity index (χ1n) is 4.48. The van der Waals surface area contributed by atoms with Crippen molar-refractivity contribution in [1.82, 2.24) is 20.3 Å². The van der Waals surface area contributed by atoms with Crippen LogP contribution in [0.25, 0.3) is 0 Å². The number of aromatic nitrogens is 3. The molecule has 6 nitrogen and oxygen atoms in total. The molecule has 2 heterocycles. The molecule has 1 fully saturated rings. The number of ether oxygens (including phenoxy) is 1. The maximum absolute atomic E-state index is 11.2. The van der Waals surface area contributed by atoms with Crippen LogP contribution in [0.2, 0.25) is 0 Å². The molecule has 0 amide bonds. The average molecular weight is 196 g/mol. The summed E-state index contributed by atoms with van der Waals surface area (Å²) >= 11 is 0. The summed E-state index contributed by atoms with van der Waals surface area (Å²) in [5.41, 5.74) is 0. The lowest BCUT2D eigenvalue weighted by molar-refractivity contribution is -0.142. The Morgan fingerprint density at radius 1 is 1.71 bits per heavy atom. The smallest absolute Gasteiger partial charge is 0.322 e. The second-order valence-corrected chi connectivity index (χ2v) is 3.26. The molecular weight excluding hydrogens is 184 g/mol. The van der Waals surface area contributed by atoms with Gasteiger partial charge in [0, 0.05) is 12.7 Å². The normalized spacial score (nSPS) is 26.4. The van der Waals surface area contributed by atoms with E-state index in [0.717, 1.165) is 6.54 Å². The molecule has 1 aliphatic heterocycles. The predicted molar refractivity (Wildman–Crippen MR) is 47.5 cm³/mol. The van der Waals surface area contributed by atoms with Gasteiger partial charge in [0.2, 0.25) is 0 Å². The van der Waals surface area contributed by atoms with Gasteiger partial charge in [0.15, 0.2) is 0 Å². The third kappa shape index (κ3) is 1.60. The van der Waals surface area contributed by atoms with Crippen molar-refractivity contribution in [1.29, 1.82) is 0 Å². The minimum atomic E-state index is -0.215. The Balaban J connectivity index is 1.98. The highest BCUT2D eigenvalue weighted by Crippen LogP contribution is 2.18. The van der Waals surface area contributed by atoms with Crippen molar-refractivity contribution in [3.63, 3.8) is 0 Å². The van der Waals surface area contributed by atoms with Crippen molar-refractivity contribution in [3.05, 3.63) is 12.4 Å². The number of hydrogen-bond donors (Lipinski definition) is 1. The average Bonchev–Trinajstić information content (AvgIpc) is 2.86. The van der Waals surface area contributed by atoms with Crippen LogP contribution >= 0.6 is 0 Å². The highest BCUT2D eigenvalue weighted by atomic mass is 16.5. The molecule has 0 saturated carbocycles. The monoisotopic (exact) mass is 196 g/mol. The fraction of sp³-hybridized carbons (Fsp3) is 0.625. The van der Waals surface area contributed by atoms with E-state index in [4.69, 9.17) is 0 Å². The summed E-state index contributed by atoms with van der Waals surface area (Å²) in [6.07, 6.45) is 4.13. The summed E-state index contributed by atoms with van der Waals surface area (Å²) in [5, 5.41) is 10.7. The highest BCUT2D eigenvalue weighted by molar-refractivity contribution is 5.76. The largest absolute Gasteiger partial charge is 0.468 e. The molecule has 1 N–H and O–H groups in total. The topological polar surface area (TPSA) is 69.0 Å². The summed E-state index contributed by atoms with van der Waals surface area (Å²) in [6, 6.07) is -0.0178. The van der Waals surface area contributed by atoms with E-state index < -0.39 is 0 Å².